The number of halogens is 2. The van der Waals surface area contributed by atoms with Crippen molar-refractivity contribution in [3.05, 3.63) is 58.0 Å². The van der Waals surface area contributed by atoms with Gasteiger partial charge in [-0.3, -0.25) is 9.59 Å². The number of carbonyl (C=O) groups is 1. The Kier molecular flexibility index (Phi) is 6.20. The number of carbonyl (C=O) groups excluding carboxylic acids is 1. The predicted octanol–water partition coefficient (Wildman–Crippen LogP) is 1.86. The van der Waals surface area contributed by atoms with Crippen molar-refractivity contribution in [3.63, 3.8) is 0 Å². The molecule has 6 nitrogen and oxygen atoms in total. The van der Waals surface area contributed by atoms with Crippen LogP contribution in [-0.4, -0.2) is 41.5 Å². The van der Waals surface area contributed by atoms with Gasteiger partial charge >= 0.3 is 0 Å². The molecule has 0 saturated heterocycles. The van der Waals surface area contributed by atoms with E-state index in [2.05, 4.69) is 0 Å². The van der Waals surface area contributed by atoms with Gasteiger partial charge in [0.15, 0.2) is 15.6 Å². The summed E-state index contributed by atoms with van der Waals surface area (Å²) in [6.07, 6.45) is 1.37. The van der Waals surface area contributed by atoms with E-state index >= 15 is 0 Å². The first kappa shape index (κ1) is 21.9. The van der Waals surface area contributed by atoms with Crippen molar-refractivity contribution in [1.29, 1.82) is 0 Å². The van der Waals surface area contributed by atoms with Crippen LogP contribution in [0.3, 0.4) is 0 Å². The van der Waals surface area contributed by atoms with E-state index in [9.17, 15) is 26.8 Å². The van der Waals surface area contributed by atoms with Crippen molar-refractivity contribution in [1.82, 2.24) is 4.57 Å². The molecule has 0 radical (unpaired) electrons. The fourth-order valence-corrected chi connectivity index (χ4v) is 3.74. The quantitative estimate of drug-likeness (QED) is 0.748. The van der Waals surface area contributed by atoms with E-state index in [0.29, 0.717) is 5.56 Å². The number of sulfone groups is 1. The van der Waals surface area contributed by atoms with E-state index in [1.807, 2.05) is 0 Å². The third-order valence-electron chi connectivity index (χ3n) is 4.87. The average Bonchev–Trinajstić information content (AvgIpc) is 2.60. The Morgan fingerprint density at radius 3 is 2.36 bits per heavy atom. The van der Waals surface area contributed by atoms with Crippen LogP contribution in [0.4, 0.5) is 8.78 Å². The summed E-state index contributed by atoms with van der Waals surface area (Å²) in [5.74, 6) is -2.45. The van der Waals surface area contributed by atoms with Crippen LogP contribution in [0.1, 0.15) is 18.9 Å². The van der Waals surface area contributed by atoms with Crippen molar-refractivity contribution in [2.75, 3.05) is 12.9 Å². The van der Waals surface area contributed by atoms with Crippen LogP contribution in [0, 0.1) is 18.6 Å². The first-order valence-corrected chi connectivity index (χ1v) is 10.3. The zero-order valence-corrected chi connectivity index (χ0v) is 16.5. The maximum atomic E-state index is 14.5. The van der Waals surface area contributed by atoms with Crippen LogP contribution < -0.4 is 5.56 Å². The van der Waals surface area contributed by atoms with Crippen molar-refractivity contribution < 1.29 is 27.1 Å². The van der Waals surface area contributed by atoms with Gasteiger partial charge in [0.1, 0.15) is 23.0 Å². The Balaban J connectivity index is 2.40. The normalized spacial score (nSPS) is 13.9. The molecule has 0 saturated carbocycles. The molecule has 0 aliphatic carbocycles. The lowest BCUT2D eigenvalue weighted by Crippen LogP contribution is -2.46. The van der Waals surface area contributed by atoms with Gasteiger partial charge in [-0.05, 0) is 31.9 Å². The van der Waals surface area contributed by atoms with Crippen LogP contribution >= 0.6 is 0 Å². The number of aromatic nitrogens is 1. The number of ketones is 1. The number of aryl methyl sites for hydroxylation is 2. The average molecular weight is 413 g/mol. The molecule has 1 atom stereocenters. The number of rotatable bonds is 7. The highest BCUT2D eigenvalue weighted by Gasteiger charge is 2.42. The second-order valence-corrected chi connectivity index (χ2v) is 9.33. The second kappa shape index (κ2) is 7.92. The molecule has 1 heterocycles. The highest BCUT2D eigenvalue weighted by atomic mass is 32.2. The van der Waals surface area contributed by atoms with Gasteiger partial charge < -0.3 is 9.67 Å². The summed E-state index contributed by atoms with van der Waals surface area (Å²) in [5, 5.41) is 9.06. The summed E-state index contributed by atoms with van der Waals surface area (Å²) in [7, 11) is -3.90. The van der Waals surface area contributed by atoms with Crippen molar-refractivity contribution in [3.8, 4) is 11.1 Å². The Morgan fingerprint density at radius 1 is 1.18 bits per heavy atom. The molecule has 28 heavy (non-hydrogen) atoms. The molecule has 1 aromatic heterocycles. The van der Waals surface area contributed by atoms with Gasteiger partial charge in [-0.2, -0.15) is 0 Å². The van der Waals surface area contributed by atoms with Gasteiger partial charge in [0, 0.05) is 36.2 Å². The van der Waals surface area contributed by atoms with E-state index in [1.165, 1.54) is 12.1 Å². The standard InChI is InChI=1S/C19H21F2NO5S/c1-12-4-5-13(15(20)8-12)14-9-18(25)22(10-16(14)21)7-6-19(2,17(24)11-23)28(3,26)27/h4-5,8-10,23H,6-7,11H2,1-3H3/t19-/m1/s1. The molecule has 0 aliphatic rings. The van der Waals surface area contributed by atoms with Crippen LogP contribution in [0.25, 0.3) is 11.1 Å². The maximum Gasteiger partial charge on any atom is 0.251 e. The van der Waals surface area contributed by atoms with Crippen molar-refractivity contribution >= 4 is 15.6 Å². The maximum absolute atomic E-state index is 14.5. The smallest absolute Gasteiger partial charge is 0.251 e. The molecule has 152 valence electrons. The first-order valence-electron chi connectivity index (χ1n) is 8.41. The summed E-state index contributed by atoms with van der Waals surface area (Å²) >= 11 is 0. The zero-order chi connectivity index (χ0) is 21.3. The molecule has 2 aromatic rings. The number of aliphatic hydroxyl groups is 1. The summed E-state index contributed by atoms with van der Waals surface area (Å²) < 4.78 is 51.6. The molecule has 0 bridgehead atoms. The molecule has 1 aromatic carbocycles. The van der Waals surface area contributed by atoms with Crippen LogP contribution in [0.15, 0.2) is 35.3 Å². The highest BCUT2D eigenvalue weighted by Crippen LogP contribution is 2.26. The van der Waals surface area contributed by atoms with Crippen LogP contribution in [0.5, 0.6) is 0 Å². The fraction of sp³-hybridized carbons (Fsp3) is 0.368. The van der Waals surface area contributed by atoms with E-state index in [0.717, 1.165) is 30.0 Å². The number of benzene rings is 1. The molecule has 9 heteroatoms. The minimum Gasteiger partial charge on any atom is -0.389 e. The van der Waals surface area contributed by atoms with Gasteiger partial charge in [-0.15, -0.1) is 0 Å². The first-order chi connectivity index (χ1) is 12.9. The van der Waals surface area contributed by atoms with Gasteiger partial charge in [-0.1, -0.05) is 12.1 Å². The third kappa shape index (κ3) is 4.20. The van der Waals surface area contributed by atoms with Gasteiger partial charge in [0.05, 0.1) is 0 Å². The summed E-state index contributed by atoms with van der Waals surface area (Å²) in [4.78, 5) is 24.3. The zero-order valence-electron chi connectivity index (χ0n) is 15.7. The van der Waals surface area contributed by atoms with E-state index in [-0.39, 0.29) is 24.1 Å². The van der Waals surface area contributed by atoms with E-state index < -0.39 is 44.2 Å². The molecular weight excluding hydrogens is 392 g/mol. The summed E-state index contributed by atoms with van der Waals surface area (Å²) in [6.45, 7) is 1.58. The number of Topliss-reactive ketones (excluding diaryl/α,β-unsaturated/α-hetero) is 1. The molecular formula is C19H21F2NO5S. The van der Waals surface area contributed by atoms with E-state index in [4.69, 9.17) is 5.11 Å². The highest BCUT2D eigenvalue weighted by molar-refractivity contribution is 7.92. The minimum atomic E-state index is -3.90. The number of hydrogen-bond donors (Lipinski definition) is 1. The van der Waals surface area contributed by atoms with Gasteiger partial charge in [-0.25, -0.2) is 17.2 Å². The lowest BCUT2D eigenvalue weighted by Gasteiger charge is -2.25. The number of aliphatic hydroxyl groups excluding tert-OH is 1. The predicted molar refractivity (Wildman–Crippen MR) is 101 cm³/mol. The molecule has 0 amide bonds. The molecule has 0 spiro atoms. The van der Waals surface area contributed by atoms with Crippen LogP contribution in [0.2, 0.25) is 0 Å². The lowest BCUT2D eigenvalue weighted by atomic mass is 10.0. The number of nitrogens with zero attached hydrogens (tertiary/aromatic N) is 1. The Morgan fingerprint density at radius 2 is 1.82 bits per heavy atom. The Hall–Kier alpha value is -2.39. The fourth-order valence-electron chi connectivity index (χ4n) is 2.80. The Bertz CT molecular complexity index is 1080. The minimum absolute atomic E-state index is 0.0659. The van der Waals surface area contributed by atoms with Gasteiger partial charge in [0.2, 0.25) is 0 Å². The Labute approximate surface area is 161 Å². The SMILES string of the molecule is Cc1ccc(-c2cc(=O)n(CC[C@](C)(C(=O)CO)S(C)(=O)=O)cc2F)c(F)c1. The second-order valence-electron chi connectivity index (χ2n) is 6.88. The third-order valence-corrected chi connectivity index (χ3v) is 6.94. The number of pyridine rings is 1. The number of hydrogen-bond acceptors (Lipinski definition) is 5. The summed E-state index contributed by atoms with van der Waals surface area (Å²) in [5.41, 5.74) is -0.313. The van der Waals surface area contributed by atoms with Crippen molar-refractivity contribution in [2.24, 2.45) is 0 Å². The topological polar surface area (TPSA) is 93.4 Å². The summed E-state index contributed by atoms with van der Waals surface area (Å²) in [6, 6.07) is 5.10. The van der Waals surface area contributed by atoms with Gasteiger partial charge in [0.25, 0.3) is 5.56 Å². The molecule has 0 fully saturated rings. The lowest BCUT2D eigenvalue weighted by molar-refractivity contribution is -0.124. The molecule has 0 unspecified atom stereocenters. The van der Waals surface area contributed by atoms with E-state index in [1.54, 1.807) is 13.0 Å². The van der Waals surface area contributed by atoms with Crippen LogP contribution in [-0.2, 0) is 21.2 Å². The largest absolute Gasteiger partial charge is 0.389 e. The monoisotopic (exact) mass is 413 g/mol. The molecule has 0 aliphatic heterocycles. The molecule has 2 rings (SSSR count). The molecule has 1 N–H and O–H groups in total. The van der Waals surface area contributed by atoms with Crippen molar-refractivity contribution in [2.45, 2.75) is 31.6 Å².